The summed E-state index contributed by atoms with van der Waals surface area (Å²) in [4.78, 5) is 12.9. The fourth-order valence-corrected chi connectivity index (χ4v) is 3.43. The van der Waals surface area contributed by atoms with E-state index in [4.69, 9.17) is 9.88 Å². The van der Waals surface area contributed by atoms with Gasteiger partial charge in [-0.15, -0.1) is 0 Å². The molecule has 2 aromatic rings. The summed E-state index contributed by atoms with van der Waals surface area (Å²) in [6.07, 6.45) is 4.94. The summed E-state index contributed by atoms with van der Waals surface area (Å²) in [5.74, 6) is -0.0604. The van der Waals surface area contributed by atoms with Crippen molar-refractivity contribution in [2.75, 3.05) is 0 Å². The minimum Gasteiger partial charge on any atom is -0.410 e. The lowest BCUT2D eigenvalue weighted by Gasteiger charge is -2.22. The van der Waals surface area contributed by atoms with Crippen LogP contribution >= 0.6 is 11.9 Å². The molecule has 0 atom stereocenters. The Bertz CT molecular complexity index is 748. The van der Waals surface area contributed by atoms with Crippen LogP contribution in [-0.2, 0) is 0 Å². The van der Waals surface area contributed by atoms with Gasteiger partial charge in [0.1, 0.15) is 11.6 Å². The quantitative estimate of drug-likeness (QED) is 0.763. The molecule has 0 spiro atoms. The van der Waals surface area contributed by atoms with Crippen LogP contribution in [0.5, 0.6) is 5.75 Å². The van der Waals surface area contributed by atoms with E-state index in [1.807, 2.05) is 12.1 Å². The second kappa shape index (κ2) is 8.36. The van der Waals surface area contributed by atoms with Crippen LogP contribution < -0.4 is 15.2 Å². The second-order valence-corrected chi connectivity index (χ2v) is 6.86. The molecule has 1 saturated carbocycles. The van der Waals surface area contributed by atoms with Gasteiger partial charge in [0, 0.05) is 16.5 Å². The fourth-order valence-electron chi connectivity index (χ4n) is 3.08. The zero-order valence-corrected chi connectivity index (χ0v) is 14.7. The highest BCUT2D eigenvalue weighted by Gasteiger charge is 2.17. The first kappa shape index (κ1) is 17.8. The maximum absolute atomic E-state index is 14.2. The number of nitrogens with one attached hydrogen (secondary N) is 1. The van der Waals surface area contributed by atoms with Gasteiger partial charge >= 0.3 is 6.09 Å². The van der Waals surface area contributed by atoms with E-state index in [0.717, 1.165) is 42.5 Å². The maximum atomic E-state index is 14.2. The summed E-state index contributed by atoms with van der Waals surface area (Å²) in [5, 5.41) is 8.45. The number of amides is 1. The molecule has 0 bridgehead atoms. The van der Waals surface area contributed by atoms with E-state index < -0.39 is 6.09 Å². The first-order valence-electron chi connectivity index (χ1n) is 8.41. The molecule has 2 aromatic carbocycles. The fraction of sp³-hybridized carbons (Fsp3) is 0.316. The van der Waals surface area contributed by atoms with Crippen molar-refractivity contribution in [1.29, 1.82) is 0 Å². The largest absolute Gasteiger partial charge is 0.412 e. The molecule has 132 valence electrons. The number of rotatable bonds is 4. The molecule has 1 fully saturated rings. The standard InChI is InChI=1S/C19H21FN2O2S/c20-18-10-9-15(24-19(23)22-14-6-2-1-3-7-14)12-17(18)13-5-4-8-16(11-13)25-21/h4-5,8-12,14H,1-3,6-7,21H2,(H,22,23). The normalized spacial score (nSPS) is 15.0. The van der Waals surface area contributed by atoms with Crippen molar-refractivity contribution < 1.29 is 13.9 Å². The molecule has 0 aliphatic heterocycles. The second-order valence-electron chi connectivity index (χ2n) is 6.16. The van der Waals surface area contributed by atoms with Crippen LogP contribution in [0.25, 0.3) is 11.1 Å². The molecule has 6 heteroatoms. The van der Waals surface area contributed by atoms with Crippen molar-refractivity contribution in [1.82, 2.24) is 5.32 Å². The topological polar surface area (TPSA) is 64.3 Å². The smallest absolute Gasteiger partial charge is 0.410 e. The Morgan fingerprint density at radius 1 is 1.16 bits per heavy atom. The van der Waals surface area contributed by atoms with Crippen molar-refractivity contribution in [3.63, 3.8) is 0 Å². The number of carbonyl (C=O) groups excluding carboxylic acids is 1. The van der Waals surface area contributed by atoms with Gasteiger partial charge in [-0.2, -0.15) is 0 Å². The molecule has 4 nitrogen and oxygen atoms in total. The molecule has 3 rings (SSSR count). The molecular formula is C19H21FN2O2S. The van der Waals surface area contributed by atoms with E-state index in [2.05, 4.69) is 5.32 Å². The average molecular weight is 360 g/mol. The molecular weight excluding hydrogens is 339 g/mol. The number of benzene rings is 2. The third kappa shape index (κ3) is 4.74. The van der Waals surface area contributed by atoms with Crippen molar-refractivity contribution in [3.05, 3.63) is 48.3 Å². The highest BCUT2D eigenvalue weighted by Crippen LogP contribution is 2.29. The van der Waals surface area contributed by atoms with E-state index in [1.54, 1.807) is 12.1 Å². The number of hydrogen-bond donors (Lipinski definition) is 2. The number of nitrogens with two attached hydrogens (primary N) is 1. The maximum Gasteiger partial charge on any atom is 0.412 e. The van der Waals surface area contributed by atoms with Gasteiger partial charge < -0.3 is 10.1 Å². The van der Waals surface area contributed by atoms with Crippen LogP contribution in [0.4, 0.5) is 9.18 Å². The molecule has 1 amide bonds. The Hall–Kier alpha value is -2.05. The van der Waals surface area contributed by atoms with Crippen LogP contribution in [0.15, 0.2) is 47.4 Å². The summed E-state index contributed by atoms with van der Waals surface area (Å²) in [6, 6.07) is 11.7. The van der Waals surface area contributed by atoms with Gasteiger partial charge in [0.05, 0.1) is 0 Å². The van der Waals surface area contributed by atoms with Gasteiger partial charge in [0.2, 0.25) is 0 Å². The Balaban J connectivity index is 1.73. The van der Waals surface area contributed by atoms with Gasteiger partial charge in [-0.3, -0.25) is 5.14 Å². The molecule has 0 unspecified atom stereocenters. The van der Waals surface area contributed by atoms with Crippen LogP contribution in [0, 0.1) is 5.82 Å². The lowest BCUT2D eigenvalue weighted by atomic mass is 9.96. The van der Waals surface area contributed by atoms with Gasteiger partial charge in [-0.25, -0.2) is 9.18 Å². The Labute approximate surface area is 151 Å². The summed E-state index contributed by atoms with van der Waals surface area (Å²) in [6.45, 7) is 0. The SMILES string of the molecule is NSc1cccc(-c2cc(OC(=O)NC3CCCCC3)ccc2F)c1. The van der Waals surface area contributed by atoms with Gasteiger partial charge in [-0.1, -0.05) is 31.4 Å². The van der Waals surface area contributed by atoms with E-state index in [1.165, 1.54) is 24.6 Å². The van der Waals surface area contributed by atoms with E-state index in [9.17, 15) is 9.18 Å². The molecule has 3 N–H and O–H groups in total. The van der Waals surface area contributed by atoms with Crippen LogP contribution in [0.1, 0.15) is 32.1 Å². The number of carbonyl (C=O) groups is 1. The molecule has 1 aliphatic rings. The third-order valence-corrected chi connectivity index (χ3v) is 4.88. The average Bonchev–Trinajstić information content (AvgIpc) is 2.64. The monoisotopic (exact) mass is 360 g/mol. The highest BCUT2D eigenvalue weighted by atomic mass is 32.2. The lowest BCUT2D eigenvalue weighted by molar-refractivity contribution is 0.192. The Morgan fingerprint density at radius 3 is 2.72 bits per heavy atom. The van der Waals surface area contributed by atoms with Gasteiger partial charge in [0.25, 0.3) is 0 Å². The van der Waals surface area contributed by atoms with E-state index in [0.29, 0.717) is 16.9 Å². The molecule has 1 aliphatic carbocycles. The third-order valence-electron chi connectivity index (χ3n) is 4.36. The molecule has 0 aromatic heterocycles. The van der Waals surface area contributed by atoms with Gasteiger partial charge in [0.15, 0.2) is 0 Å². The molecule has 0 radical (unpaired) electrons. The first-order chi connectivity index (χ1) is 12.2. The zero-order valence-electron chi connectivity index (χ0n) is 13.8. The molecule has 0 heterocycles. The number of hydrogen-bond acceptors (Lipinski definition) is 4. The summed E-state index contributed by atoms with van der Waals surface area (Å²) < 4.78 is 19.6. The summed E-state index contributed by atoms with van der Waals surface area (Å²) in [5.41, 5.74) is 1.06. The highest BCUT2D eigenvalue weighted by molar-refractivity contribution is 7.97. The Kier molecular flexibility index (Phi) is 5.94. The van der Waals surface area contributed by atoms with Crippen molar-refractivity contribution in [2.45, 2.75) is 43.0 Å². The van der Waals surface area contributed by atoms with Crippen molar-refractivity contribution >= 4 is 18.0 Å². The first-order valence-corrected chi connectivity index (χ1v) is 9.29. The minimum absolute atomic E-state index is 0.166. The van der Waals surface area contributed by atoms with Gasteiger partial charge in [-0.05, 0) is 60.7 Å². The lowest BCUT2D eigenvalue weighted by Crippen LogP contribution is -2.38. The van der Waals surface area contributed by atoms with Crippen LogP contribution in [0.2, 0.25) is 0 Å². The van der Waals surface area contributed by atoms with E-state index in [-0.39, 0.29) is 11.9 Å². The van der Waals surface area contributed by atoms with Crippen LogP contribution in [-0.4, -0.2) is 12.1 Å². The molecule has 0 saturated heterocycles. The predicted molar refractivity (Wildman–Crippen MR) is 97.9 cm³/mol. The number of ether oxygens (including phenoxy) is 1. The number of halogens is 1. The molecule has 25 heavy (non-hydrogen) atoms. The van der Waals surface area contributed by atoms with E-state index >= 15 is 0 Å². The minimum atomic E-state index is -0.490. The predicted octanol–water partition coefficient (Wildman–Crippen LogP) is 4.88. The zero-order chi connectivity index (χ0) is 17.6. The van der Waals surface area contributed by atoms with Crippen molar-refractivity contribution in [3.8, 4) is 16.9 Å². The Morgan fingerprint density at radius 2 is 1.96 bits per heavy atom. The van der Waals surface area contributed by atoms with Crippen molar-refractivity contribution in [2.24, 2.45) is 5.14 Å². The van der Waals surface area contributed by atoms with Crippen LogP contribution in [0.3, 0.4) is 0 Å². The summed E-state index contributed by atoms with van der Waals surface area (Å²) in [7, 11) is 0. The summed E-state index contributed by atoms with van der Waals surface area (Å²) >= 11 is 1.10.